The van der Waals surface area contributed by atoms with Gasteiger partial charge in [0.2, 0.25) is 5.91 Å². The van der Waals surface area contributed by atoms with Crippen molar-refractivity contribution in [1.82, 2.24) is 9.80 Å². The summed E-state index contributed by atoms with van der Waals surface area (Å²) in [7, 11) is 0. The number of benzene rings is 1. The maximum atomic E-state index is 12.4. The van der Waals surface area contributed by atoms with E-state index in [1.165, 1.54) is 0 Å². The topological polar surface area (TPSA) is 49.9 Å². The molecule has 0 N–H and O–H groups in total. The molecule has 2 aromatic rings. The van der Waals surface area contributed by atoms with E-state index in [0.29, 0.717) is 32.6 Å². The van der Waals surface area contributed by atoms with E-state index in [1.54, 1.807) is 16.2 Å². The fourth-order valence-electron chi connectivity index (χ4n) is 2.83. The van der Waals surface area contributed by atoms with Crippen molar-refractivity contribution in [3.8, 4) is 0 Å². The molecule has 0 spiro atoms. The van der Waals surface area contributed by atoms with E-state index in [9.17, 15) is 9.59 Å². The lowest BCUT2D eigenvalue weighted by atomic mass is 10.2. The SMILES string of the molecule is O=C(Cc1cccs1)N1CCCN(C(=O)OCc2ccccc2)CC1. The van der Waals surface area contributed by atoms with Gasteiger partial charge in [0.05, 0.1) is 6.42 Å². The van der Waals surface area contributed by atoms with Crippen LogP contribution in [0.15, 0.2) is 47.8 Å². The van der Waals surface area contributed by atoms with Crippen LogP contribution in [0.4, 0.5) is 4.79 Å². The molecule has 0 saturated carbocycles. The van der Waals surface area contributed by atoms with Crippen molar-refractivity contribution < 1.29 is 14.3 Å². The van der Waals surface area contributed by atoms with Crippen LogP contribution in [0.3, 0.4) is 0 Å². The number of ether oxygens (including phenoxy) is 1. The normalized spacial score (nSPS) is 14.9. The van der Waals surface area contributed by atoms with Crippen molar-refractivity contribution in [2.24, 2.45) is 0 Å². The zero-order chi connectivity index (χ0) is 17.5. The molecule has 5 nitrogen and oxygen atoms in total. The molecule has 2 heterocycles. The number of carbonyl (C=O) groups is 2. The van der Waals surface area contributed by atoms with Gasteiger partial charge in [-0.3, -0.25) is 4.79 Å². The van der Waals surface area contributed by atoms with Gasteiger partial charge in [-0.1, -0.05) is 36.4 Å². The van der Waals surface area contributed by atoms with Gasteiger partial charge in [0.1, 0.15) is 6.61 Å². The van der Waals surface area contributed by atoms with Crippen LogP contribution in [0.5, 0.6) is 0 Å². The Morgan fingerprint density at radius 1 is 0.960 bits per heavy atom. The van der Waals surface area contributed by atoms with Crippen LogP contribution in [-0.2, 0) is 22.6 Å². The van der Waals surface area contributed by atoms with Gasteiger partial charge in [-0.05, 0) is 23.4 Å². The molecule has 0 atom stereocenters. The molecular weight excluding hydrogens is 336 g/mol. The highest BCUT2D eigenvalue weighted by Crippen LogP contribution is 2.13. The van der Waals surface area contributed by atoms with Crippen LogP contribution in [0.2, 0.25) is 0 Å². The predicted octanol–water partition coefficient (Wildman–Crippen LogP) is 3.16. The molecule has 1 aliphatic rings. The Balaban J connectivity index is 1.47. The van der Waals surface area contributed by atoms with E-state index >= 15 is 0 Å². The van der Waals surface area contributed by atoms with Crippen LogP contribution in [0.1, 0.15) is 16.9 Å². The number of thiophene rings is 1. The average molecular weight is 358 g/mol. The quantitative estimate of drug-likeness (QED) is 0.844. The van der Waals surface area contributed by atoms with Crippen molar-refractivity contribution in [3.63, 3.8) is 0 Å². The van der Waals surface area contributed by atoms with E-state index in [1.807, 2.05) is 52.7 Å². The minimum Gasteiger partial charge on any atom is -0.445 e. The fourth-order valence-corrected chi connectivity index (χ4v) is 3.53. The second-order valence-electron chi connectivity index (χ2n) is 6.02. The monoisotopic (exact) mass is 358 g/mol. The Hall–Kier alpha value is -2.34. The summed E-state index contributed by atoms with van der Waals surface area (Å²) < 4.78 is 5.39. The van der Waals surface area contributed by atoms with Gasteiger partial charge >= 0.3 is 6.09 Å². The molecule has 1 aliphatic heterocycles. The van der Waals surface area contributed by atoms with Gasteiger partial charge in [-0.15, -0.1) is 11.3 Å². The Labute approximate surface area is 151 Å². The number of hydrogen-bond donors (Lipinski definition) is 0. The molecule has 1 fully saturated rings. The van der Waals surface area contributed by atoms with Crippen LogP contribution in [0.25, 0.3) is 0 Å². The largest absolute Gasteiger partial charge is 0.445 e. The average Bonchev–Trinajstić information content (AvgIpc) is 3.01. The van der Waals surface area contributed by atoms with Gasteiger partial charge in [0.15, 0.2) is 0 Å². The molecule has 1 aromatic heterocycles. The second-order valence-corrected chi connectivity index (χ2v) is 7.05. The van der Waals surface area contributed by atoms with Crippen molar-refractivity contribution in [2.45, 2.75) is 19.4 Å². The summed E-state index contributed by atoms with van der Waals surface area (Å²) in [5.41, 5.74) is 0.971. The molecule has 3 rings (SSSR count). The fraction of sp³-hybridized carbons (Fsp3) is 0.368. The zero-order valence-corrected chi connectivity index (χ0v) is 14.9. The lowest BCUT2D eigenvalue weighted by molar-refractivity contribution is -0.130. The first kappa shape index (κ1) is 17.5. The van der Waals surface area contributed by atoms with Gasteiger partial charge in [-0.25, -0.2) is 4.79 Å². The number of carbonyl (C=O) groups excluding carboxylic acids is 2. The van der Waals surface area contributed by atoms with Crippen LogP contribution in [-0.4, -0.2) is 48.0 Å². The maximum Gasteiger partial charge on any atom is 0.410 e. The van der Waals surface area contributed by atoms with Crippen LogP contribution in [0, 0.1) is 0 Å². The first-order chi connectivity index (χ1) is 12.2. The van der Waals surface area contributed by atoms with E-state index in [-0.39, 0.29) is 18.6 Å². The summed E-state index contributed by atoms with van der Waals surface area (Å²) in [4.78, 5) is 29.3. The minimum absolute atomic E-state index is 0.127. The molecule has 25 heavy (non-hydrogen) atoms. The third-order valence-corrected chi connectivity index (χ3v) is 5.09. The Morgan fingerprint density at radius 2 is 1.72 bits per heavy atom. The number of rotatable bonds is 4. The van der Waals surface area contributed by atoms with E-state index in [0.717, 1.165) is 16.9 Å². The zero-order valence-electron chi connectivity index (χ0n) is 14.1. The van der Waals surface area contributed by atoms with E-state index in [2.05, 4.69) is 0 Å². The molecular formula is C19H22N2O3S. The van der Waals surface area contributed by atoms with E-state index in [4.69, 9.17) is 4.74 Å². The van der Waals surface area contributed by atoms with Crippen LogP contribution < -0.4 is 0 Å². The molecule has 0 aliphatic carbocycles. The smallest absolute Gasteiger partial charge is 0.410 e. The van der Waals surface area contributed by atoms with Crippen LogP contribution >= 0.6 is 11.3 Å². The van der Waals surface area contributed by atoms with Crippen molar-refractivity contribution in [1.29, 1.82) is 0 Å². The standard InChI is InChI=1S/C19H22N2O3S/c22-18(14-17-8-4-13-25-17)20-9-5-10-21(12-11-20)19(23)24-15-16-6-2-1-3-7-16/h1-4,6-8,13H,5,9-12,14-15H2. The third-order valence-electron chi connectivity index (χ3n) is 4.22. The molecule has 0 radical (unpaired) electrons. The molecule has 2 amide bonds. The van der Waals surface area contributed by atoms with Crippen molar-refractivity contribution >= 4 is 23.3 Å². The highest BCUT2D eigenvalue weighted by molar-refractivity contribution is 7.10. The molecule has 0 bridgehead atoms. The number of nitrogens with zero attached hydrogens (tertiary/aromatic N) is 2. The maximum absolute atomic E-state index is 12.4. The summed E-state index contributed by atoms with van der Waals surface area (Å²) in [6.45, 7) is 2.66. The molecule has 6 heteroatoms. The van der Waals surface area contributed by atoms with E-state index < -0.39 is 0 Å². The molecule has 1 saturated heterocycles. The summed E-state index contributed by atoms with van der Waals surface area (Å²) in [6.07, 6.45) is 0.906. The highest BCUT2D eigenvalue weighted by atomic mass is 32.1. The second kappa shape index (κ2) is 8.67. The third kappa shape index (κ3) is 5.06. The Morgan fingerprint density at radius 3 is 2.48 bits per heavy atom. The molecule has 1 aromatic carbocycles. The first-order valence-electron chi connectivity index (χ1n) is 8.48. The van der Waals surface area contributed by atoms with Gasteiger partial charge in [0.25, 0.3) is 0 Å². The van der Waals surface area contributed by atoms with Crippen molar-refractivity contribution in [2.75, 3.05) is 26.2 Å². The Bertz CT molecular complexity index is 688. The lowest BCUT2D eigenvalue weighted by Crippen LogP contribution is -2.38. The summed E-state index contributed by atoms with van der Waals surface area (Å²) in [5.74, 6) is 0.127. The molecule has 0 unspecified atom stereocenters. The van der Waals surface area contributed by atoms with Crippen molar-refractivity contribution in [3.05, 3.63) is 58.3 Å². The minimum atomic E-state index is -0.309. The lowest BCUT2D eigenvalue weighted by Gasteiger charge is -2.21. The first-order valence-corrected chi connectivity index (χ1v) is 9.36. The number of amides is 2. The summed E-state index contributed by atoms with van der Waals surface area (Å²) in [5, 5.41) is 1.98. The predicted molar refractivity (Wildman–Crippen MR) is 97.4 cm³/mol. The van der Waals surface area contributed by atoms with Gasteiger partial charge < -0.3 is 14.5 Å². The Kier molecular flexibility index (Phi) is 6.06. The van der Waals surface area contributed by atoms with Gasteiger partial charge in [0, 0.05) is 31.1 Å². The molecule has 132 valence electrons. The summed E-state index contributed by atoms with van der Waals surface area (Å²) in [6, 6.07) is 13.6. The summed E-state index contributed by atoms with van der Waals surface area (Å²) >= 11 is 1.60. The highest BCUT2D eigenvalue weighted by Gasteiger charge is 2.23. The van der Waals surface area contributed by atoms with Gasteiger partial charge in [-0.2, -0.15) is 0 Å². The number of hydrogen-bond acceptors (Lipinski definition) is 4.